The van der Waals surface area contributed by atoms with Gasteiger partial charge in [0.1, 0.15) is 11.8 Å². The summed E-state index contributed by atoms with van der Waals surface area (Å²) in [5.41, 5.74) is 1.64. The number of methoxy groups -OCH3 is 1. The summed E-state index contributed by atoms with van der Waals surface area (Å²) in [5, 5.41) is 25.9. The molecule has 0 aliphatic rings. The third-order valence-corrected chi connectivity index (χ3v) is 8.33. The van der Waals surface area contributed by atoms with Crippen molar-refractivity contribution in [2.24, 2.45) is 17.3 Å². The predicted octanol–water partition coefficient (Wildman–Crippen LogP) is 5.45. The second-order valence-corrected chi connectivity index (χ2v) is 13.8. The van der Waals surface area contributed by atoms with E-state index in [1.165, 1.54) is 13.2 Å². The first-order valence-electron chi connectivity index (χ1n) is 16.3. The van der Waals surface area contributed by atoms with E-state index in [0.717, 1.165) is 11.1 Å². The highest BCUT2D eigenvalue weighted by Gasteiger charge is 2.35. The summed E-state index contributed by atoms with van der Waals surface area (Å²) < 4.78 is 10.5. The number of carboxylic acid groups (broad SMARTS) is 1. The van der Waals surface area contributed by atoms with Gasteiger partial charge in [-0.25, -0.2) is 4.79 Å². The summed E-state index contributed by atoms with van der Waals surface area (Å²) in [6.07, 6.45) is 3.26. The molecule has 0 fully saturated rings. The van der Waals surface area contributed by atoms with Crippen molar-refractivity contribution in [1.29, 1.82) is 0 Å². The summed E-state index contributed by atoms with van der Waals surface area (Å²) >= 11 is 6.30. The number of amides is 2. The van der Waals surface area contributed by atoms with Gasteiger partial charge in [-0.05, 0) is 87.6 Å². The summed E-state index contributed by atoms with van der Waals surface area (Å²) in [6.45, 7) is 10.6. The van der Waals surface area contributed by atoms with E-state index in [2.05, 4.69) is 10.6 Å². The fourth-order valence-corrected chi connectivity index (χ4v) is 5.11. The smallest absolute Gasteiger partial charge is 0.345 e. The number of carbonyl (C=O) groups is 4. The number of allylic oxidation sites excluding steroid dienone is 1. The lowest BCUT2D eigenvalue weighted by Gasteiger charge is -2.27. The molecule has 0 bridgehead atoms. The van der Waals surface area contributed by atoms with Gasteiger partial charge in [0.25, 0.3) is 0 Å². The first-order valence-corrected chi connectivity index (χ1v) is 16.6. The van der Waals surface area contributed by atoms with Crippen LogP contribution in [0.15, 0.2) is 54.6 Å². The number of halogens is 1. The van der Waals surface area contributed by atoms with Crippen molar-refractivity contribution in [2.75, 3.05) is 13.7 Å². The van der Waals surface area contributed by atoms with Gasteiger partial charge in [-0.1, -0.05) is 74.3 Å². The summed E-state index contributed by atoms with van der Waals surface area (Å²) in [6, 6.07) is 12.1. The number of nitrogens with one attached hydrogen (secondary N) is 2. The van der Waals surface area contributed by atoms with Crippen LogP contribution in [0, 0.1) is 24.2 Å². The number of carboxylic acids is 1. The number of hydrogen-bond donors (Lipinski definition) is 4. The average molecular weight is 687 g/mol. The molecule has 0 spiro atoms. The molecule has 0 radical (unpaired) electrons. The van der Waals surface area contributed by atoms with Crippen molar-refractivity contribution in [3.8, 4) is 5.75 Å². The van der Waals surface area contributed by atoms with E-state index in [0.29, 0.717) is 35.6 Å². The van der Waals surface area contributed by atoms with E-state index in [1.54, 1.807) is 38.1 Å². The van der Waals surface area contributed by atoms with Crippen molar-refractivity contribution < 1.29 is 38.9 Å². The van der Waals surface area contributed by atoms with Gasteiger partial charge in [-0.2, -0.15) is 0 Å². The molecule has 48 heavy (non-hydrogen) atoms. The van der Waals surface area contributed by atoms with Crippen LogP contribution in [-0.2, 0) is 36.8 Å². The van der Waals surface area contributed by atoms with E-state index in [9.17, 15) is 29.4 Å². The number of rotatable bonds is 19. The van der Waals surface area contributed by atoms with E-state index in [1.807, 2.05) is 52.0 Å². The first-order chi connectivity index (χ1) is 22.5. The number of carbonyl (C=O) groups excluding carboxylic acids is 3. The Morgan fingerprint density at radius 3 is 2.23 bits per heavy atom. The maximum Gasteiger partial charge on any atom is 0.345 e. The molecule has 3 unspecified atom stereocenters. The molecule has 0 saturated heterocycles. The van der Waals surface area contributed by atoms with Crippen molar-refractivity contribution in [3.05, 3.63) is 76.3 Å². The highest BCUT2D eigenvalue weighted by Crippen LogP contribution is 2.26. The number of esters is 1. The van der Waals surface area contributed by atoms with Crippen LogP contribution in [0.1, 0.15) is 70.6 Å². The molecular formula is C37H51ClN2O8. The molecule has 0 aliphatic heterocycles. The number of aryl methyl sites for hydroxylation is 1. The van der Waals surface area contributed by atoms with E-state index in [-0.39, 0.29) is 31.2 Å². The lowest BCUT2D eigenvalue weighted by Crippen LogP contribution is -2.51. The zero-order valence-corrected chi connectivity index (χ0v) is 29.8. The molecule has 0 saturated carbocycles. The molecule has 2 aromatic rings. The molecule has 2 amide bonds. The van der Waals surface area contributed by atoms with Gasteiger partial charge in [-0.3, -0.25) is 14.4 Å². The van der Waals surface area contributed by atoms with E-state index in [4.69, 9.17) is 21.1 Å². The number of ether oxygens (including phenoxy) is 2. The molecule has 2 rings (SSSR count). The van der Waals surface area contributed by atoms with Crippen LogP contribution in [0.3, 0.4) is 0 Å². The summed E-state index contributed by atoms with van der Waals surface area (Å²) in [7, 11) is 1.49. The monoisotopic (exact) mass is 686 g/mol. The van der Waals surface area contributed by atoms with Crippen LogP contribution >= 0.6 is 11.6 Å². The highest BCUT2D eigenvalue weighted by molar-refractivity contribution is 6.32. The number of aliphatic hydroxyl groups excluding tert-OH is 1. The molecule has 4 atom stereocenters. The summed E-state index contributed by atoms with van der Waals surface area (Å²) in [4.78, 5) is 50.9. The molecule has 2 aromatic carbocycles. The minimum absolute atomic E-state index is 0.00329. The third-order valence-electron chi connectivity index (χ3n) is 8.04. The normalized spacial score (nSPS) is 14.2. The third kappa shape index (κ3) is 13.7. The van der Waals surface area contributed by atoms with Crippen molar-refractivity contribution >= 4 is 35.4 Å². The zero-order valence-electron chi connectivity index (χ0n) is 29.0. The first kappa shape index (κ1) is 40.3. The van der Waals surface area contributed by atoms with Crippen LogP contribution in [0.4, 0.5) is 0 Å². The van der Waals surface area contributed by atoms with Gasteiger partial charge in [-0.15, -0.1) is 0 Å². The second-order valence-electron chi connectivity index (χ2n) is 13.4. The Morgan fingerprint density at radius 2 is 1.65 bits per heavy atom. The van der Waals surface area contributed by atoms with Crippen LogP contribution in [-0.4, -0.2) is 65.9 Å². The topological polar surface area (TPSA) is 151 Å². The van der Waals surface area contributed by atoms with Gasteiger partial charge in [0.2, 0.25) is 11.8 Å². The minimum atomic E-state index is -1.30. The maximum absolute atomic E-state index is 13.4. The van der Waals surface area contributed by atoms with Gasteiger partial charge in [0.05, 0.1) is 23.7 Å². The zero-order chi connectivity index (χ0) is 36.0. The highest BCUT2D eigenvalue weighted by atomic mass is 35.5. The van der Waals surface area contributed by atoms with Gasteiger partial charge in [0, 0.05) is 13.0 Å². The standard InChI is InChI=1S/C37H51ClN2O8/c1-23(2)18-32(35(44)45)48-36(46)37(5,6)22-39-34(43)29(20-27-16-17-31(47-7)28(38)19-27)40-33(42)11-9-8-10-25(4)30(41)21-26-14-12-24(3)13-15-26/h9,11-17,19,23,25,29-30,32,41H,8,10,18,20-22H2,1-7H3,(H,39,43)(H,40,42)(H,44,45)/b11-9+/t25?,29-,30?,32?/m1/s1. The summed E-state index contributed by atoms with van der Waals surface area (Å²) in [5.74, 6) is -2.58. The van der Waals surface area contributed by atoms with Crippen LogP contribution in [0.5, 0.6) is 5.75 Å². The molecule has 11 heteroatoms. The Kier molecular flexibility index (Phi) is 16.1. The fraction of sp³-hybridized carbons (Fsp3) is 0.514. The predicted molar refractivity (Wildman–Crippen MR) is 186 cm³/mol. The number of benzene rings is 2. The molecular weight excluding hydrogens is 636 g/mol. The largest absolute Gasteiger partial charge is 0.495 e. The lowest BCUT2D eigenvalue weighted by atomic mass is 9.93. The molecule has 4 N–H and O–H groups in total. The molecule has 0 aromatic heterocycles. The lowest BCUT2D eigenvalue weighted by molar-refractivity contribution is -0.171. The minimum Gasteiger partial charge on any atom is -0.495 e. The van der Waals surface area contributed by atoms with Crippen LogP contribution in [0.25, 0.3) is 0 Å². The molecule has 10 nitrogen and oxygen atoms in total. The second kappa shape index (κ2) is 19.2. The quantitative estimate of drug-likeness (QED) is 0.113. The van der Waals surface area contributed by atoms with Gasteiger partial charge in [0.15, 0.2) is 6.10 Å². The van der Waals surface area contributed by atoms with E-state index >= 15 is 0 Å². The Balaban J connectivity index is 2.06. The van der Waals surface area contributed by atoms with Crippen LogP contribution < -0.4 is 15.4 Å². The number of aliphatic carboxylic acids is 1. The molecule has 264 valence electrons. The van der Waals surface area contributed by atoms with E-state index < -0.39 is 47.4 Å². The van der Waals surface area contributed by atoms with Gasteiger partial charge >= 0.3 is 11.9 Å². The average Bonchev–Trinajstić information content (AvgIpc) is 3.02. The number of hydrogen-bond acceptors (Lipinski definition) is 7. The Bertz CT molecular complexity index is 1410. The molecule has 0 heterocycles. The Labute approximate surface area is 289 Å². The van der Waals surface area contributed by atoms with Gasteiger partial charge < -0.3 is 30.3 Å². The molecule has 0 aliphatic carbocycles. The SMILES string of the molecule is COc1ccc(C[C@@H](NC(=O)/C=C/CCC(C)C(O)Cc2ccc(C)cc2)C(=O)NCC(C)(C)C(=O)OC(CC(C)C)C(=O)O)cc1Cl. The number of aliphatic hydroxyl groups is 1. The van der Waals surface area contributed by atoms with Crippen LogP contribution in [0.2, 0.25) is 5.02 Å². The fourth-order valence-electron chi connectivity index (χ4n) is 4.83. The van der Waals surface area contributed by atoms with Crippen molar-refractivity contribution in [3.63, 3.8) is 0 Å². The van der Waals surface area contributed by atoms with Crippen molar-refractivity contribution in [2.45, 2.75) is 91.9 Å². The van der Waals surface area contributed by atoms with Crippen molar-refractivity contribution in [1.82, 2.24) is 10.6 Å². The Morgan fingerprint density at radius 1 is 1.00 bits per heavy atom. The maximum atomic E-state index is 13.4. The Hall–Kier alpha value is -3.89.